The van der Waals surface area contributed by atoms with Gasteiger partial charge >= 0.3 is 5.69 Å². The van der Waals surface area contributed by atoms with Gasteiger partial charge in [-0.2, -0.15) is 0 Å². The number of fused-ring (bicyclic) bond motifs is 1. The number of nitrogens with zero attached hydrogens (tertiary/aromatic N) is 1. The average molecular weight is 365 g/mol. The minimum atomic E-state index is -0.861. The van der Waals surface area contributed by atoms with E-state index in [1.165, 1.54) is 0 Å². The van der Waals surface area contributed by atoms with Crippen molar-refractivity contribution in [3.63, 3.8) is 0 Å². The molecule has 0 unspecified atom stereocenters. The van der Waals surface area contributed by atoms with E-state index in [0.29, 0.717) is 5.69 Å². The van der Waals surface area contributed by atoms with Gasteiger partial charge in [-0.3, -0.25) is 14.9 Å². The van der Waals surface area contributed by atoms with Gasteiger partial charge in [0.1, 0.15) is 9.58 Å². The number of halogens is 1. The van der Waals surface area contributed by atoms with E-state index in [2.05, 4.69) is 5.32 Å². The SMILES string of the molecule is O=C(Nc1ccccc1)c1sc2c([N+](=O)[O-])c(O)c(O)cc2c1Cl. The van der Waals surface area contributed by atoms with E-state index in [0.717, 1.165) is 17.4 Å². The molecule has 0 atom stereocenters. The van der Waals surface area contributed by atoms with Crippen LogP contribution in [0.4, 0.5) is 11.4 Å². The van der Waals surface area contributed by atoms with Crippen LogP contribution in [-0.4, -0.2) is 21.0 Å². The van der Waals surface area contributed by atoms with Crippen molar-refractivity contribution in [1.82, 2.24) is 0 Å². The quantitative estimate of drug-likeness (QED) is 0.367. The van der Waals surface area contributed by atoms with E-state index in [-0.39, 0.29) is 20.0 Å². The van der Waals surface area contributed by atoms with Crippen LogP contribution in [-0.2, 0) is 0 Å². The third-order valence-electron chi connectivity index (χ3n) is 3.27. The summed E-state index contributed by atoms with van der Waals surface area (Å²) in [6.45, 7) is 0. The van der Waals surface area contributed by atoms with E-state index in [1.54, 1.807) is 30.3 Å². The van der Waals surface area contributed by atoms with Gasteiger partial charge in [-0.25, -0.2) is 0 Å². The lowest BCUT2D eigenvalue weighted by Gasteiger charge is -2.03. The maximum Gasteiger partial charge on any atom is 0.332 e. The topological polar surface area (TPSA) is 113 Å². The van der Waals surface area contributed by atoms with E-state index in [9.17, 15) is 25.1 Å². The zero-order chi connectivity index (χ0) is 17.4. The van der Waals surface area contributed by atoms with Crippen molar-refractivity contribution >= 4 is 50.3 Å². The molecule has 7 nitrogen and oxygen atoms in total. The summed E-state index contributed by atoms with van der Waals surface area (Å²) >= 11 is 6.93. The summed E-state index contributed by atoms with van der Waals surface area (Å²) in [6, 6.07) is 9.72. The first-order valence-electron chi connectivity index (χ1n) is 6.58. The van der Waals surface area contributed by atoms with Gasteiger partial charge in [-0.05, 0) is 18.2 Å². The lowest BCUT2D eigenvalue weighted by Crippen LogP contribution is -2.10. The largest absolute Gasteiger partial charge is 0.504 e. The fourth-order valence-corrected chi connectivity index (χ4v) is 3.68. The summed E-state index contributed by atoms with van der Waals surface area (Å²) in [5, 5.41) is 33.3. The molecule has 9 heteroatoms. The molecule has 0 spiro atoms. The number of amides is 1. The van der Waals surface area contributed by atoms with E-state index < -0.39 is 28.0 Å². The molecule has 0 aliphatic carbocycles. The number of para-hydroxylation sites is 1. The molecule has 3 N–H and O–H groups in total. The summed E-state index contributed by atoms with van der Waals surface area (Å²) in [5.74, 6) is -2.08. The summed E-state index contributed by atoms with van der Waals surface area (Å²) < 4.78 is 0.0125. The molecule has 122 valence electrons. The predicted molar refractivity (Wildman–Crippen MR) is 91.2 cm³/mol. The highest BCUT2D eigenvalue weighted by Crippen LogP contribution is 2.48. The van der Waals surface area contributed by atoms with Crippen molar-refractivity contribution in [3.05, 3.63) is 56.4 Å². The van der Waals surface area contributed by atoms with Crippen LogP contribution < -0.4 is 5.32 Å². The molecule has 0 fully saturated rings. The van der Waals surface area contributed by atoms with Crippen LogP contribution in [0.25, 0.3) is 10.1 Å². The predicted octanol–water partition coefficient (Wildman–Crippen LogP) is 4.13. The number of hydrogen-bond acceptors (Lipinski definition) is 6. The maximum atomic E-state index is 12.4. The van der Waals surface area contributed by atoms with Crippen LogP contribution in [0.15, 0.2) is 36.4 Å². The Balaban J connectivity index is 2.13. The average Bonchev–Trinajstić information content (AvgIpc) is 2.86. The Hall–Kier alpha value is -2.84. The third-order valence-corrected chi connectivity index (χ3v) is 4.98. The Kier molecular flexibility index (Phi) is 4.00. The summed E-state index contributed by atoms with van der Waals surface area (Å²) in [7, 11) is 0. The number of phenolic OH excluding ortho intramolecular Hbond substituents is 2. The highest BCUT2D eigenvalue weighted by atomic mass is 35.5. The third kappa shape index (κ3) is 2.61. The minimum absolute atomic E-state index is 0.0125. The number of nitro groups is 1. The molecule has 1 amide bonds. The Bertz CT molecular complexity index is 971. The van der Waals surface area contributed by atoms with Crippen LogP contribution in [0.5, 0.6) is 11.5 Å². The molecule has 0 aliphatic rings. The lowest BCUT2D eigenvalue weighted by molar-refractivity contribution is -0.383. The standard InChI is InChI=1S/C15H9ClN2O5S/c16-10-8-6-9(19)12(20)11(18(22)23)13(8)24-14(10)15(21)17-7-4-2-1-3-5-7/h1-6,19-20H,(H,17,21). The number of thiophene rings is 1. The molecule has 0 saturated heterocycles. The summed E-state index contributed by atoms with van der Waals surface area (Å²) in [6.07, 6.45) is 0. The van der Waals surface area contributed by atoms with Gasteiger partial charge in [0, 0.05) is 11.1 Å². The maximum absolute atomic E-state index is 12.4. The van der Waals surface area contributed by atoms with Crippen molar-refractivity contribution in [3.8, 4) is 11.5 Å². The molecule has 1 heterocycles. The second-order valence-electron chi connectivity index (χ2n) is 4.79. The second-order valence-corrected chi connectivity index (χ2v) is 6.19. The monoisotopic (exact) mass is 364 g/mol. The first-order valence-corrected chi connectivity index (χ1v) is 7.77. The highest BCUT2D eigenvalue weighted by Gasteiger charge is 2.28. The smallest absolute Gasteiger partial charge is 0.332 e. The number of nitro benzene ring substituents is 1. The number of nitrogens with one attached hydrogen (secondary N) is 1. The summed E-state index contributed by atoms with van der Waals surface area (Å²) in [4.78, 5) is 22.8. The number of benzene rings is 2. The van der Waals surface area contributed by atoms with Crippen LogP contribution in [0, 0.1) is 10.1 Å². The fraction of sp³-hybridized carbons (Fsp3) is 0. The van der Waals surface area contributed by atoms with Crippen molar-refractivity contribution in [1.29, 1.82) is 0 Å². The molecule has 0 radical (unpaired) electrons. The molecule has 0 saturated carbocycles. The van der Waals surface area contributed by atoms with Gasteiger partial charge in [-0.1, -0.05) is 29.8 Å². The zero-order valence-corrected chi connectivity index (χ0v) is 13.4. The lowest BCUT2D eigenvalue weighted by atomic mass is 10.2. The second kappa shape index (κ2) is 5.99. The summed E-state index contributed by atoms with van der Waals surface area (Å²) in [5.41, 5.74) is -0.146. The molecule has 3 aromatic rings. The molecule has 0 aliphatic heterocycles. The van der Waals surface area contributed by atoms with Gasteiger partial charge in [-0.15, -0.1) is 11.3 Å². The molecule has 1 aromatic heterocycles. The number of aromatic hydroxyl groups is 2. The van der Waals surface area contributed by atoms with Crippen molar-refractivity contribution < 1.29 is 19.9 Å². The number of carbonyl (C=O) groups is 1. The van der Waals surface area contributed by atoms with Crippen molar-refractivity contribution in [2.45, 2.75) is 0 Å². The van der Waals surface area contributed by atoms with Crippen LogP contribution >= 0.6 is 22.9 Å². The number of anilines is 1. The molecular formula is C15H9ClN2O5S. The van der Waals surface area contributed by atoms with E-state index in [4.69, 9.17) is 11.6 Å². The van der Waals surface area contributed by atoms with Gasteiger partial charge in [0.25, 0.3) is 5.91 Å². The normalized spacial score (nSPS) is 10.7. The molecule has 24 heavy (non-hydrogen) atoms. The number of hydrogen-bond donors (Lipinski definition) is 3. The molecule has 2 aromatic carbocycles. The fourth-order valence-electron chi connectivity index (χ4n) is 2.19. The van der Waals surface area contributed by atoms with Crippen LogP contribution in [0.1, 0.15) is 9.67 Å². The van der Waals surface area contributed by atoms with Gasteiger partial charge < -0.3 is 15.5 Å². The number of carbonyl (C=O) groups excluding carboxylic acids is 1. The Morgan fingerprint density at radius 1 is 1.25 bits per heavy atom. The van der Waals surface area contributed by atoms with Crippen LogP contribution in [0.2, 0.25) is 5.02 Å². The number of phenols is 2. The zero-order valence-electron chi connectivity index (χ0n) is 11.8. The molecule has 0 bridgehead atoms. The van der Waals surface area contributed by atoms with Gasteiger partial charge in [0.15, 0.2) is 5.75 Å². The van der Waals surface area contributed by atoms with E-state index in [1.807, 2.05) is 0 Å². The Morgan fingerprint density at radius 3 is 2.54 bits per heavy atom. The van der Waals surface area contributed by atoms with E-state index >= 15 is 0 Å². The molecular weight excluding hydrogens is 356 g/mol. The van der Waals surface area contributed by atoms with Gasteiger partial charge in [0.2, 0.25) is 5.75 Å². The van der Waals surface area contributed by atoms with Crippen molar-refractivity contribution in [2.24, 2.45) is 0 Å². The van der Waals surface area contributed by atoms with Gasteiger partial charge in [0.05, 0.1) is 9.95 Å². The Labute approximate surface area is 143 Å². The first-order chi connectivity index (χ1) is 11.4. The molecule has 3 rings (SSSR count). The minimum Gasteiger partial charge on any atom is -0.504 e. The first kappa shape index (κ1) is 16.0. The number of rotatable bonds is 3. The van der Waals surface area contributed by atoms with Crippen LogP contribution in [0.3, 0.4) is 0 Å². The highest BCUT2D eigenvalue weighted by molar-refractivity contribution is 7.22. The van der Waals surface area contributed by atoms with Crippen molar-refractivity contribution in [2.75, 3.05) is 5.32 Å². The Morgan fingerprint density at radius 2 is 1.92 bits per heavy atom.